The van der Waals surface area contributed by atoms with Crippen LogP contribution in [0.1, 0.15) is 23.7 Å². The van der Waals surface area contributed by atoms with Crippen LogP contribution in [0.3, 0.4) is 0 Å². The van der Waals surface area contributed by atoms with Gasteiger partial charge in [-0.2, -0.15) is 0 Å². The zero-order valence-electron chi connectivity index (χ0n) is 9.21. The molecule has 0 aliphatic rings. The molecule has 4 heteroatoms. The molecule has 0 aliphatic heterocycles. The zero-order chi connectivity index (χ0) is 12.0. The van der Waals surface area contributed by atoms with Crippen LogP contribution in [0.2, 0.25) is 0 Å². The van der Waals surface area contributed by atoms with E-state index in [1.807, 2.05) is 18.2 Å². The van der Waals surface area contributed by atoms with Crippen molar-refractivity contribution in [3.8, 4) is 0 Å². The van der Waals surface area contributed by atoms with Crippen molar-refractivity contribution in [2.24, 2.45) is 5.73 Å². The van der Waals surface area contributed by atoms with E-state index in [-0.39, 0.29) is 13.0 Å². The van der Waals surface area contributed by atoms with Gasteiger partial charge in [-0.15, -0.1) is 0 Å². The van der Waals surface area contributed by atoms with E-state index in [0.29, 0.717) is 18.5 Å². The second-order valence-corrected chi connectivity index (χ2v) is 3.76. The topological polar surface area (TPSA) is 86.7 Å². The van der Waals surface area contributed by atoms with Gasteiger partial charge >= 0.3 is 0 Å². The first-order valence-corrected chi connectivity index (χ1v) is 5.45. The molecule has 0 saturated carbocycles. The van der Waals surface area contributed by atoms with Gasteiger partial charge in [-0.1, -0.05) is 24.3 Å². The van der Waals surface area contributed by atoms with Crippen molar-refractivity contribution in [2.45, 2.75) is 25.0 Å². The molecule has 2 unspecified atom stereocenters. The van der Waals surface area contributed by atoms with E-state index in [1.54, 1.807) is 6.07 Å². The molecule has 0 spiro atoms. The molecule has 0 radical (unpaired) electrons. The van der Waals surface area contributed by atoms with Crippen LogP contribution in [0, 0.1) is 0 Å². The van der Waals surface area contributed by atoms with Gasteiger partial charge in [0.05, 0.1) is 6.10 Å². The molecule has 0 fully saturated rings. The third-order valence-electron chi connectivity index (χ3n) is 2.58. The Kier molecular flexibility index (Phi) is 5.42. The Morgan fingerprint density at radius 1 is 1.19 bits per heavy atom. The fourth-order valence-corrected chi connectivity index (χ4v) is 1.70. The number of rotatable bonds is 6. The SMILES string of the molecule is NCCc1ccccc1C(O)C(O)CCO. The summed E-state index contributed by atoms with van der Waals surface area (Å²) in [5.41, 5.74) is 7.11. The lowest BCUT2D eigenvalue weighted by Gasteiger charge is -2.20. The van der Waals surface area contributed by atoms with Gasteiger partial charge in [0.15, 0.2) is 0 Å². The van der Waals surface area contributed by atoms with E-state index in [1.165, 1.54) is 0 Å². The van der Waals surface area contributed by atoms with Crippen LogP contribution in [-0.2, 0) is 6.42 Å². The fourth-order valence-electron chi connectivity index (χ4n) is 1.70. The molecular weight excluding hydrogens is 206 g/mol. The average Bonchev–Trinajstić information content (AvgIpc) is 2.29. The number of aliphatic hydroxyl groups excluding tert-OH is 3. The maximum Gasteiger partial charge on any atom is 0.105 e. The molecule has 4 nitrogen and oxygen atoms in total. The molecule has 1 rings (SSSR count). The Balaban J connectivity index is 2.84. The Morgan fingerprint density at radius 2 is 1.88 bits per heavy atom. The third kappa shape index (κ3) is 3.28. The van der Waals surface area contributed by atoms with Gasteiger partial charge in [-0.3, -0.25) is 0 Å². The van der Waals surface area contributed by atoms with Gasteiger partial charge in [0.25, 0.3) is 0 Å². The summed E-state index contributed by atoms with van der Waals surface area (Å²) in [6, 6.07) is 7.34. The largest absolute Gasteiger partial charge is 0.396 e. The zero-order valence-corrected chi connectivity index (χ0v) is 9.21. The van der Waals surface area contributed by atoms with Gasteiger partial charge < -0.3 is 21.1 Å². The molecule has 1 aromatic carbocycles. The van der Waals surface area contributed by atoms with Gasteiger partial charge in [-0.25, -0.2) is 0 Å². The summed E-state index contributed by atoms with van der Waals surface area (Å²) < 4.78 is 0. The van der Waals surface area contributed by atoms with Crippen molar-refractivity contribution < 1.29 is 15.3 Å². The van der Waals surface area contributed by atoms with Crippen molar-refractivity contribution in [1.82, 2.24) is 0 Å². The minimum absolute atomic E-state index is 0.142. The van der Waals surface area contributed by atoms with Gasteiger partial charge in [0, 0.05) is 6.61 Å². The Morgan fingerprint density at radius 3 is 2.50 bits per heavy atom. The maximum atomic E-state index is 9.93. The fraction of sp³-hybridized carbons (Fsp3) is 0.500. The van der Waals surface area contributed by atoms with Crippen LogP contribution in [0.25, 0.3) is 0 Å². The summed E-state index contributed by atoms with van der Waals surface area (Å²) in [4.78, 5) is 0. The molecular formula is C12H19NO3. The van der Waals surface area contributed by atoms with E-state index in [9.17, 15) is 10.2 Å². The van der Waals surface area contributed by atoms with E-state index < -0.39 is 12.2 Å². The summed E-state index contributed by atoms with van der Waals surface area (Å²) in [7, 11) is 0. The molecule has 2 atom stereocenters. The summed E-state index contributed by atoms with van der Waals surface area (Å²) in [6.07, 6.45) is -1.07. The van der Waals surface area contributed by atoms with Crippen LogP contribution < -0.4 is 5.73 Å². The minimum atomic E-state index is -0.963. The molecule has 0 aliphatic carbocycles. The van der Waals surface area contributed by atoms with Crippen LogP contribution in [0.15, 0.2) is 24.3 Å². The molecule has 0 bridgehead atoms. The van der Waals surface area contributed by atoms with Crippen molar-refractivity contribution in [3.05, 3.63) is 35.4 Å². The van der Waals surface area contributed by atoms with Crippen LogP contribution in [0.4, 0.5) is 0 Å². The monoisotopic (exact) mass is 225 g/mol. The molecule has 0 amide bonds. The Labute approximate surface area is 95.3 Å². The molecule has 0 saturated heterocycles. The molecule has 16 heavy (non-hydrogen) atoms. The van der Waals surface area contributed by atoms with E-state index in [0.717, 1.165) is 5.56 Å². The molecule has 90 valence electrons. The molecule has 5 N–H and O–H groups in total. The lowest BCUT2D eigenvalue weighted by molar-refractivity contribution is 0.00376. The van der Waals surface area contributed by atoms with Crippen LogP contribution >= 0.6 is 0 Å². The van der Waals surface area contributed by atoms with E-state index in [4.69, 9.17) is 10.8 Å². The smallest absolute Gasteiger partial charge is 0.105 e. The standard InChI is InChI=1S/C12H19NO3/c13-7-5-9-3-1-2-4-10(9)12(16)11(15)6-8-14/h1-4,11-12,14-16H,5-8,13H2. The van der Waals surface area contributed by atoms with Gasteiger partial charge in [0.1, 0.15) is 6.10 Å². The van der Waals surface area contributed by atoms with Crippen molar-refractivity contribution in [2.75, 3.05) is 13.2 Å². The molecule has 0 aromatic heterocycles. The first-order chi connectivity index (χ1) is 7.70. The first-order valence-electron chi connectivity index (χ1n) is 5.45. The summed E-state index contributed by atoms with van der Waals surface area (Å²) in [5.74, 6) is 0. The highest BCUT2D eigenvalue weighted by Crippen LogP contribution is 2.22. The Hall–Kier alpha value is -0.940. The van der Waals surface area contributed by atoms with Gasteiger partial charge in [0.2, 0.25) is 0 Å². The normalized spacial score (nSPS) is 14.8. The summed E-state index contributed by atoms with van der Waals surface area (Å²) in [6.45, 7) is 0.358. The van der Waals surface area contributed by atoms with E-state index >= 15 is 0 Å². The highest BCUT2D eigenvalue weighted by molar-refractivity contribution is 5.30. The van der Waals surface area contributed by atoms with Crippen molar-refractivity contribution in [3.63, 3.8) is 0 Å². The number of hydrogen-bond donors (Lipinski definition) is 4. The number of nitrogens with two attached hydrogens (primary N) is 1. The third-order valence-corrected chi connectivity index (χ3v) is 2.58. The maximum absolute atomic E-state index is 9.93. The average molecular weight is 225 g/mol. The number of benzene rings is 1. The number of aliphatic hydroxyl groups is 3. The van der Waals surface area contributed by atoms with E-state index in [2.05, 4.69) is 0 Å². The number of hydrogen-bond acceptors (Lipinski definition) is 4. The van der Waals surface area contributed by atoms with Crippen LogP contribution in [0.5, 0.6) is 0 Å². The van der Waals surface area contributed by atoms with Crippen LogP contribution in [-0.4, -0.2) is 34.6 Å². The highest BCUT2D eigenvalue weighted by Gasteiger charge is 2.19. The first kappa shape index (κ1) is 13.1. The highest BCUT2D eigenvalue weighted by atomic mass is 16.3. The molecule has 0 heterocycles. The summed E-state index contributed by atoms with van der Waals surface area (Å²) in [5, 5.41) is 28.3. The minimum Gasteiger partial charge on any atom is -0.396 e. The summed E-state index contributed by atoms with van der Waals surface area (Å²) >= 11 is 0. The molecule has 1 aromatic rings. The van der Waals surface area contributed by atoms with Crippen molar-refractivity contribution >= 4 is 0 Å². The quantitative estimate of drug-likeness (QED) is 0.547. The lowest BCUT2D eigenvalue weighted by Crippen LogP contribution is -2.21. The predicted octanol–water partition coefficient (Wildman–Crippen LogP) is -0.0355. The second-order valence-electron chi connectivity index (χ2n) is 3.76. The van der Waals surface area contributed by atoms with Gasteiger partial charge in [-0.05, 0) is 30.5 Å². The lowest BCUT2D eigenvalue weighted by atomic mass is 9.95. The Bertz CT molecular complexity index is 317. The second kappa shape index (κ2) is 6.60. The van der Waals surface area contributed by atoms with Crippen molar-refractivity contribution in [1.29, 1.82) is 0 Å². The predicted molar refractivity (Wildman–Crippen MR) is 61.9 cm³/mol.